The SMILES string of the molecule is COc1ccc(OC)c2c1C(=O)c1coc(C)c1C2=O. The van der Waals surface area contributed by atoms with Crippen LogP contribution in [0.3, 0.4) is 0 Å². The van der Waals surface area contributed by atoms with Crippen LogP contribution in [0.5, 0.6) is 11.5 Å². The molecule has 0 atom stereocenters. The Hall–Kier alpha value is -2.56. The molecule has 0 N–H and O–H groups in total. The average molecular weight is 272 g/mol. The molecule has 0 spiro atoms. The van der Waals surface area contributed by atoms with Crippen LogP contribution in [0, 0.1) is 6.92 Å². The Kier molecular flexibility index (Phi) is 2.64. The molecule has 1 aliphatic rings. The summed E-state index contributed by atoms with van der Waals surface area (Å²) in [5.74, 6) is 0.557. The van der Waals surface area contributed by atoms with Gasteiger partial charge in [-0.2, -0.15) is 0 Å². The van der Waals surface area contributed by atoms with Gasteiger partial charge < -0.3 is 13.9 Å². The van der Waals surface area contributed by atoms with Crippen LogP contribution >= 0.6 is 0 Å². The maximum atomic E-state index is 12.6. The largest absolute Gasteiger partial charge is 0.496 e. The van der Waals surface area contributed by atoms with Crippen LogP contribution in [0.25, 0.3) is 0 Å². The van der Waals surface area contributed by atoms with E-state index in [4.69, 9.17) is 13.9 Å². The van der Waals surface area contributed by atoms with Crippen LogP contribution in [0.15, 0.2) is 22.8 Å². The number of furan rings is 1. The summed E-state index contributed by atoms with van der Waals surface area (Å²) in [5, 5.41) is 0. The molecule has 0 fully saturated rings. The third-order valence-corrected chi connectivity index (χ3v) is 3.47. The summed E-state index contributed by atoms with van der Waals surface area (Å²) in [6.45, 7) is 1.65. The van der Waals surface area contributed by atoms with Gasteiger partial charge in [-0.05, 0) is 19.1 Å². The lowest BCUT2D eigenvalue weighted by Crippen LogP contribution is -2.21. The summed E-state index contributed by atoms with van der Waals surface area (Å²) in [4.78, 5) is 25.2. The van der Waals surface area contributed by atoms with E-state index >= 15 is 0 Å². The van der Waals surface area contributed by atoms with Crippen molar-refractivity contribution >= 4 is 11.6 Å². The summed E-state index contributed by atoms with van der Waals surface area (Å²) in [6.07, 6.45) is 1.31. The Labute approximate surface area is 115 Å². The van der Waals surface area contributed by atoms with E-state index < -0.39 is 0 Å². The molecular weight excluding hydrogens is 260 g/mol. The zero-order valence-electron chi connectivity index (χ0n) is 11.3. The average Bonchev–Trinajstić information content (AvgIpc) is 2.85. The second-order valence-electron chi connectivity index (χ2n) is 4.46. The number of hydrogen-bond acceptors (Lipinski definition) is 5. The predicted molar refractivity (Wildman–Crippen MR) is 69.9 cm³/mol. The van der Waals surface area contributed by atoms with E-state index in [0.717, 1.165) is 0 Å². The first kappa shape index (κ1) is 12.5. The lowest BCUT2D eigenvalue weighted by atomic mass is 9.84. The molecule has 102 valence electrons. The molecule has 1 aliphatic carbocycles. The van der Waals surface area contributed by atoms with Crippen LogP contribution < -0.4 is 9.47 Å². The monoisotopic (exact) mass is 272 g/mol. The molecule has 5 nitrogen and oxygen atoms in total. The fourth-order valence-corrected chi connectivity index (χ4v) is 2.52. The fraction of sp³-hybridized carbons (Fsp3) is 0.200. The minimum Gasteiger partial charge on any atom is -0.496 e. The first-order chi connectivity index (χ1) is 9.60. The van der Waals surface area contributed by atoms with E-state index in [1.54, 1.807) is 19.1 Å². The van der Waals surface area contributed by atoms with Crippen molar-refractivity contribution in [2.24, 2.45) is 0 Å². The van der Waals surface area contributed by atoms with Gasteiger partial charge in [0.05, 0.1) is 36.5 Å². The highest BCUT2D eigenvalue weighted by Crippen LogP contribution is 2.39. The number of carbonyl (C=O) groups excluding carboxylic acids is 2. The second-order valence-corrected chi connectivity index (χ2v) is 4.46. The number of benzene rings is 1. The second kappa shape index (κ2) is 4.23. The fourth-order valence-electron chi connectivity index (χ4n) is 2.52. The first-order valence-electron chi connectivity index (χ1n) is 6.02. The highest BCUT2D eigenvalue weighted by molar-refractivity contribution is 6.30. The zero-order valence-corrected chi connectivity index (χ0v) is 11.3. The molecule has 2 aromatic rings. The maximum Gasteiger partial charge on any atom is 0.201 e. The Balaban J connectivity index is 2.38. The van der Waals surface area contributed by atoms with E-state index in [9.17, 15) is 9.59 Å². The lowest BCUT2D eigenvalue weighted by Gasteiger charge is -2.19. The van der Waals surface area contributed by atoms with Gasteiger partial charge >= 0.3 is 0 Å². The van der Waals surface area contributed by atoms with E-state index in [1.807, 2.05) is 0 Å². The molecule has 0 saturated heterocycles. The van der Waals surface area contributed by atoms with Crippen molar-refractivity contribution in [2.75, 3.05) is 14.2 Å². The smallest absolute Gasteiger partial charge is 0.201 e. The van der Waals surface area contributed by atoms with Gasteiger partial charge in [-0.3, -0.25) is 9.59 Å². The molecule has 0 unspecified atom stereocenters. The van der Waals surface area contributed by atoms with Crippen LogP contribution in [-0.2, 0) is 0 Å². The van der Waals surface area contributed by atoms with E-state index in [-0.39, 0.29) is 28.3 Å². The third-order valence-electron chi connectivity index (χ3n) is 3.47. The molecular formula is C15H12O5. The molecule has 0 aliphatic heterocycles. The topological polar surface area (TPSA) is 65.7 Å². The maximum absolute atomic E-state index is 12.6. The van der Waals surface area contributed by atoms with Crippen molar-refractivity contribution in [1.29, 1.82) is 0 Å². The van der Waals surface area contributed by atoms with Crippen molar-refractivity contribution < 1.29 is 23.5 Å². The van der Waals surface area contributed by atoms with Crippen molar-refractivity contribution in [2.45, 2.75) is 6.92 Å². The minimum absolute atomic E-state index is 0.227. The molecule has 0 bridgehead atoms. The molecule has 1 aromatic carbocycles. The Morgan fingerprint density at radius 2 is 1.45 bits per heavy atom. The number of rotatable bonds is 2. The summed E-state index contributed by atoms with van der Waals surface area (Å²) in [7, 11) is 2.91. The van der Waals surface area contributed by atoms with Crippen LogP contribution in [0.2, 0.25) is 0 Å². The number of ether oxygens (including phenoxy) is 2. The Morgan fingerprint density at radius 3 is 2.00 bits per heavy atom. The molecule has 1 heterocycles. The van der Waals surface area contributed by atoms with Crippen molar-refractivity contribution in [3.8, 4) is 11.5 Å². The molecule has 20 heavy (non-hydrogen) atoms. The van der Waals surface area contributed by atoms with Gasteiger partial charge in [0, 0.05) is 0 Å². The number of ketones is 2. The molecule has 3 rings (SSSR count). The van der Waals surface area contributed by atoms with Crippen LogP contribution in [-0.4, -0.2) is 25.8 Å². The summed E-state index contributed by atoms with van der Waals surface area (Å²) in [6, 6.07) is 3.23. The summed E-state index contributed by atoms with van der Waals surface area (Å²) in [5.41, 5.74) is 1.03. The highest BCUT2D eigenvalue weighted by Gasteiger charge is 2.37. The molecule has 1 aromatic heterocycles. The Bertz CT molecular complexity index is 739. The Morgan fingerprint density at radius 1 is 0.900 bits per heavy atom. The minimum atomic E-state index is -0.290. The van der Waals surface area contributed by atoms with Gasteiger partial charge in [0.1, 0.15) is 23.5 Å². The molecule has 0 amide bonds. The zero-order chi connectivity index (χ0) is 14.4. The van der Waals surface area contributed by atoms with Gasteiger partial charge in [0.25, 0.3) is 0 Å². The first-order valence-corrected chi connectivity index (χ1v) is 6.02. The summed E-state index contributed by atoms with van der Waals surface area (Å²) < 4.78 is 15.6. The van der Waals surface area contributed by atoms with Crippen molar-refractivity contribution in [3.05, 3.63) is 46.4 Å². The predicted octanol–water partition coefficient (Wildman–Crippen LogP) is 2.38. The van der Waals surface area contributed by atoms with Gasteiger partial charge in [-0.25, -0.2) is 0 Å². The van der Waals surface area contributed by atoms with E-state index in [2.05, 4.69) is 0 Å². The van der Waals surface area contributed by atoms with Crippen molar-refractivity contribution in [3.63, 3.8) is 0 Å². The van der Waals surface area contributed by atoms with Gasteiger partial charge in [0.15, 0.2) is 0 Å². The van der Waals surface area contributed by atoms with Gasteiger partial charge in [-0.1, -0.05) is 0 Å². The lowest BCUT2D eigenvalue weighted by molar-refractivity contribution is 0.0974. The summed E-state index contributed by atoms with van der Waals surface area (Å²) >= 11 is 0. The number of aryl methyl sites for hydroxylation is 1. The number of methoxy groups -OCH3 is 2. The highest BCUT2D eigenvalue weighted by atomic mass is 16.5. The number of hydrogen-bond donors (Lipinski definition) is 0. The van der Waals surface area contributed by atoms with Gasteiger partial charge in [0.2, 0.25) is 11.6 Å². The normalized spacial score (nSPS) is 12.9. The number of carbonyl (C=O) groups is 2. The molecule has 0 saturated carbocycles. The molecule has 0 radical (unpaired) electrons. The molecule has 5 heteroatoms. The van der Waals surface area contributed by atoms with Crippen molar-refractivity contribution in [1.82, 2.24) is 0 Å². The number of fused-ring (bicyclic) bond motifs is 2. The quantitative estimate of drug-likeness (QED) is 0.716. The van der Waals surface area contributed by atoms with Crippen LogP contribution in [0.1, 0.15) is 37.6 Å². The van der Waals surface area contributed by atoms with Gasteiger partial charge in [-0.15, -0.1) is 0 Å². The van der Waals surface area contributed by atoms with E-state index in [0.29, 0.717) is 22.8 Å². The van der Waals surface area contributed by atoms with E-state index in [1.165, 1.54) is 20.5 Å². The standard InChI is InChI=1S/C15H12O5/c1-7-11-8(6-20-7)14(16)12-9(18-2)4-5-10(19-3)13(12)15(11)17/h4-6H,1-3H3. The van der Waals surface area contributed by atoms with Crippen LogP contribution in [0.4, 0.5) is 0 Å². The third kappa shape index (κ3) is 1.43.